The van der Waals surface area contributed by atoms with E-state index in [4.69, 9.17) is 4.42 Å². The van der Waals surface area contributed by atoms with Crippen LogP contribution in [0, 0.1) is 34.6 Å². The molecule has 5 nitrogen and oxygen atoms in total. The summed E-state index contributed by atoms with van der Waals surface area (Å²) in [5, 5.41) is 4.74. The van der Waals surface area contributed by atoms with Gasteiger partial charge >= 0.3 is 0 Å². The Hall–Kier alpha value is -9.52. The van der Waals surface area contributed by atoms with Crippen molar-refractivity contribution in [1.82, 2.24) is 4.57 Å². The highest BCUT2D eigenvalue weighted by atomic mass is 16.3. The number of rotatable bonds is 7. The number of para-hydroxylation sites is 4. The molecule has 0 bridgehead atoms. The van der Waals surface area contributed by atoms with E-state index in [-0.39, 0.29) is 23.0 Å². The van der Waals surface area contributed by atoms with Gasteiger partial charge in [0.15, 0.2) is 0 Å². The lowest BCUT2D eigenvalue weighted by Crippen LogP contribution is -2.61. The number of aryl methyl sites for hydroxylation is 5. The summed E-state index contributed by atoms with van der Waals surface area (Å²) in [6, 6.07) is 80.5. The second kappa shape index (κ2) is 20.3. The molecule has 4 heterocycles. The molecule has 0 N–H and O–H groups in total. The maximum Gasteiger partial charge on any atom is 0.252 e. The average molecular weight is 1160 g/mol. The summed E-state index contributed by atoms with van der Waals surface area (Å²) in [7, 11) is 0. The largest absolute Gasteiger partial charge is 0.455 e. The Morgan fingerprint density at radius 3 is 1.69 bits per heavy atom. The van der Waals surface area contributed by atoms with Crippen LogP contribution < -0.4 is 31.1 Å². The molecule has 6 heteroatoms. The first-order valence-electron chi connectivity index (χ1n) is 31.8. The summed E-state index contributed by atoms with van der Waals surface area (Å²) in [4.78, 5) is 7.76. The van der Waals surface area contributed by atoms with Crippen molar-refractivity contribution >= 4 is 118 Å². The second-order valence-electron chi connectivity index (χ2n) is 28.6. The Morgan fingerprint density at radius 1 is 0.393 bits per heavy atom. The van der Waals surface area contributed by atoms with Crippen LogP contribution in [-0.2, 0) is 16.2 Å². The highest BCUT2D eigenvalue weighted by molar-refractivity contribution is 7.00. The van der Waals surface area contributed by atoms with Crippen LogP contribution in [0.5, 0.6) is 0 Å². The van der Waals surface area contributed by atoms with Gasteiger partial charge in [0, 0.05) is 72.6 Å². The van der Waals surface area contributed by atoms with Crippen molar-refractivity contribution in [3.63, 3.8) is 0 Å². The Bertz CT molecular complexity index is 4990. The predicted molar refractivity (Wildman–Crippen MR) is 382 cm³/mol. The third-order valence-corrected chi connectivity index (χ3v) is 19.3. The number of furan rings is 1. The Morgan fingerprint density at radius 2 is 0.989 bits per heavy atom. The Balaban J connectivity index is 0.983. The number of hydrogen-bond donors (Lipinski definition) is 0. The molecular formula is C83H77BN4O. The summed E-state index contributed by atoms with van der Waals surface area (Å²) in [5.41, 5.74) is 31.8. The molecule has 0 saturated carbocycles. The summed E-state index contributed by atoms with van der Waals surface area (Å²) in [6.45, 7) is 32.3. The minimum Gasteiger partial charge on any atom is -0.455 e. The summed E-state index contributed by atoms with van der Waals surface area (Å²) in [6.07, 6.45) is 0. The van der Waals surface area contributed by atoms with Crippen LogP contribution in [-0.4, -0.2) is 11.3 Å². The van der Waals surface area contributed by atoms with Gasteiger partial charge in [0.25, 0.3) is 6.71 Å². The minimum absolute atomic E-state index is 0.0238. The monoisotopic (exact) mass is 1160 g/mol. The number of aromatic nitrogens is 1. The average Bonchev–Trinajstić information content (AvgIpc) is 1.39. The summed E-state index contributed by atoms with van der Waals surface area (Å²) in [5.74, 6) is 0. The van der Waals surface area contributed by atoms with Crippen LogP contribution in [0.15, 0.2) is 217 Å². The SMILES string of the molecule is Cc1cc2c3c(c1)N(c1c(C)cc(-c4cccc5c4oc4ccccc45)cc1C)c1ccc(C(C)(C)C)cc1B3c1ccc(N(c3ccc4c5ccccc5n(-c5ccccc5)c4c3)c3c(C)cc(C(C)(C)C)cc3C)cc1N2c1ccc(C(C)(C)C)cc1. The van der Waals surface area contributed by atoms with Gasteiger partial charge in [-0.05, 0) is 208 Å². The molecule has 0 aliphatic carbocycles. The van der Waals surface area contributed by atoms with Gasteiger partial charge < -0.3 is 23.7 Å². The fraction of sp³-hybridized carbons (Fsp3) is 0.205. The zero-order chi connectivity index (χ0) is 61.7. The lowest BCUT2D eigenvalue weighted by atomic mass is 9.33. The van der Waals surface area contributed by atoms with E-state index in [9.17, 15) is 0 Å². The van der Waals surface area contributed by atoms with E-state index in [1.165, 1.54) is 117 Å². The normalized spacial score (nSPS) is 13.2. The predicted octanol–water partition coefficient (Wildman–Crippen LogP) is 21.3. The Labute approximate surface area is 525 Å². The molecule has 0 saturated heterocycles. The molecule has 0 fully saturated rings. The molecule has 0 spiro atoms. The van der Waals surface area contributed by atoms with E-state index in [0.717, 1.165) is 55.8 Å². The molecule has 2 aliphatic heterocycles. The fourth-order valence-corrected chi connectivity index (χ4v) is 14.9. The van der Waals surface area contributed by atoms with Gasteiger partial charge in [-0.25, -0.2) is 0 Å². The van der Waals surface area contributed by atoms with E-state index >= 15 is 0 Å². The molecule has 13 aromatic rings. The van der Waals surface area contributed by atoms with Crippen LogP contribution in [0.1, 0.15) is 107 Å². The zero-order valence-electron chi connectivity index (χ0n) is 54.0. The zero-order valence-corrected chi connectivity index (χ0v) is 54.0. The second-order valence-corrected chi connectivity index (χ2v) is 28.6. The van der Waals surface area contributed by atoms with Gasteiger partial charge in [-0.3, -0.25) is 0 Å². The maximum atomic E-state index is 6.67. The summed E-state index contributed by atoms with van der Waals surface area (Å²) >= 11 is 0. The highest BCUT2D eigenvalue weighted by Gasteiger charge is 2.45. The standard InChI is InChI=1S/C83H77BN4O/c1-50-41-74-77-75(42-50)88(79-51(2)43-55(44-52(79)3)63-27-22-28-67-66-26-19-21-30-76(66)89-80(63)67)71-40-33-57(82(9,10)11)47-69(71)84(77)68-39-37-62(49-73(68)87(74)60-34-31-56(32-35-60)81(6,7)8)85(78-53(4)45-58(46-54(78)5)83(12,13)14)61-36-38-65-64-25-18-20-29-70(64)86(72(65)48-61)59-23-16-15-17-24-59/h15-49H,1-14H3. The first kappa shape index (κ1) is 56.0. The highest BCUT2D eigenvalue weighted by Crippen LogP contribution is 2.51. The lowest BCUT2D eigenvalue weighted by molar-refractivity contribution is 0.589. The van der Waals surface area contributed by atoms with Crippen LogP contribution in [0.25, 0.3) is 60.6 Å². The van der Waals surface area contributed by atoms with Crippen molar-refractivity contribution in [3.8, 4) is 16.8 Å². The van der Waals surface area contributed by atoms with Crippen molar-refractivity contribution in [2.24, 2.45) is 0 Å². The molecule has 0 amide bonds. The van der Waals surface area contributed by atoms with Crippen molar-refractivity contribution in [2.75, 3.05) is 14.7 Å². The quantitative estimate of drug-likeness (QED) is 0.149. The molecule has 0 atom stereocenters. The number of benzene rings is 11. The van der Waals surface area contributed by atoms with E-state index in [1.807, 2.05) is 0 Å². The topological polar surface area (TPSA) is 27.8 Å². The van der Waals surface area contributed by atoms with Gasteiger partial charge in [-0.1, -0.05) is 184 Å². The molecule has 0 radical (unpaired) electrons. The smallest absolute Gasteiger partial charge is 0.252 e. The van der Waals surface area contributed by atoms with Crippen LogP contribution >= 0.6 is 0 Å². The number of nitrogens with zero attached hydrogens (tertiary/aromatic N) is 4. The van der Waals surface area contributed by atoms with E-state index < -0.39 is 0 Å². The minimum atomic E-state index is -0.102. The Kier molecular flexibility index (Phi) is 12.8. The first-order valence-corrected chi connectivity index (χ1v) is 31.8. The third-order valence-electron chi connectivity index (χ3n) is 19.3. The number of hydrogen-bond acceptors (Lipinski definition) is 4. The van der Waals surface area contributed by atoms with Crippen LogP contribution in [0.2, 0.25) is 0 Å². The van der Waals surface area contributed by atoms with Crippen molar-refractivity contribution in [1.29, 1.82) is 0 Å². The van der Waals surface area contributed by atoms with Gasteiger partial charge in [-0.2, -0.15) is 0 Å². The van der Waals surface area contributed by atoms with Gasteiger partial charge in [0.1, 0.15) is 11.2 Å². The van der Waals surface area contributed by atoms with Crippen molar-refractivity contribution in [2.45, 2.75) is 113 Å². The van der Waals surface area contributed by atoms with Gasteiger partial charge in [0.2, 0.25) is 0 Å². The molecule has 2 aromatic heterocycles. The van der Waals surface area contributed by atoms with E-state index in [2.05, 4.69) is 329 Å². The molecule has 15 rings (SSSR count). The number of anilines is 9. The maximum absolute atomic E-state index is 6.67. The van der Waals surface area contributed by atoms with Gasteiger partial charge in [-0.15, -0.1) is 0 Å². The van der Waals surface area contributed by atoms with Crippen LogP contribution in [0.4, 0.5) is 51.2 Å². The molecule has 11 aromatic carbocycles. The summed E-state index contributed by atoms with van der Waals surface area (Å²) < 4.78 is 9.11. The van der Waals surface area contributed by atoms with Crippen molar-refractivity contribution < 1.29 is 4.42 Å². The molecular weight excluding hydrogens is 1080 g/mol. The fourth-order valence-electron chi connectivity index (χ4n) is 14.9. The van der Waals surface area contributed by atoms with E-state index in [0.29, 0.717) is 0 Å². The number of fused-ring (bicyclic) bond motifs is 10. The van der Waals surface area contributed by atoms with Gasteiger partial charge in [0.05, 0.1) is 22.4 Å². The van der Waals surface area contributed by atoms with Crippen molar-refractivity contribution in [3.05, 3.63) is 257 Å². The molecule has 438 valence electrons. The molecule has 0 unspecified atom stereocenters. The third kappa shape index (κ3) is 9.03. The molecule has 89 heavy (non-hydrogen) atoms. The van der Waals surface area contributed by atoms with E-state index in [1.54, 1.807) is 0 Å². The first-order chi connectivity index (χ1) is 42.6. The molecule has 2 aliphatic rings. The lowest BCUT2D eigenvalue weighted by Gasteiger charge is -2.45. The van der Waals surface area contributed by atoms with Crippen LogP contribution in [0.3, 0.4) is 0 Å².